The third-order valence-corrected chi connectivity index (χ3v) is 3.54. The van der Waals surface area contributed by atoms with Gasteiger partial charge in [0.05, 0.1) is 12.8 Å². The number of carbonyl (C=O) groups is 1. The van der Waals surface area contributed by atoms with E-state index in [1.807, 2.05) is 30.3 Å². The number of rotatable bonds is 3. The Kier molecular flexibility index (Phi) is 4.21. The lowest BCUT2D eigenvalue weighted by molar-refractivity contribution is 0.104. The number of hydrogen-bond acceptors (Lipinski definition) is 4. The average molecular weight is 286 g/mol. The Balaban J connectivity index is 1.48. The second-order valence-corrected chi connectivity index (χ2v) is 5.02. The van der Waals surface area contributed by atoms with Gasteiger partial charge in [-0.15, -0.1) is 0 Å². The Morgan fingerprint density at radius 1 is 1.05 bits per heavy atom. The smallest absolute Gasteiger partial charge is 0.415 e. The maximum absolute atomic E-state index is 12.1. The van der Waals surface area contributed by atoms with Crippen LogP contribution in [-0.4, -0.2) is 42.1 Å². The third kappa shape index (κ3) is 3.64. The van der Waals surface area contributed by atoms with E-state index in [0.29, 0.717) is 18.8 Å². The molecule has 1 amide bonds. The normalized spacial score (nSPS) is 15.9. The predicted octanol–water partition coefficient (Wildman–Crippen LogP) is 2.60. The molecule has 1 aromatic carbocycles. The van der Waals surface area contributed by atoms with E-state index in [0.717, 1.165) is 25.4 Å². The molecule has 1 saturated heterocycles. The Hall–Kier alpha value is -2.27. The van der Waals surface area contributed by atoms with Gasteiger partial charge in [-0.25, -0.2) is 4.79 Å². The monoisotopic (exact) mass is 286 g/mol. The quantitative estimate of drug-likeness (QED) is 0.870. The lowest BCUT2D eigenvalue weighted by atomic mass is 10.3. The fourth-order valence-corrected chi connectivity index (χ4v) is 2.37. The second kappa shape index (κ2) is 6.45. The van der Waals surface area contributed by atoms with E-state index < -0.39 is 0 Å². The minimum Gasteiger partial charge on any atom is -0.468 e. The summed E-state index contributed by atoms with van der Waals surface area (Å²) in [5.41, 5.74) is 0. The van der Waals surface area contributed by atoms with E-state index in [1.54, 1.807) is 23.3 Å². The van der Waals surface area contributed by atoms with E-state index in [2.05, 4.69) is 4.90 Å². The summed E-state index contributed by atoms with van der Waals surface area (Å²) >= 11 is 0. The predicted molar refractivity (Wildman–Crippen MR) is 78.0 cm³/mol. The van der Waals surface area contributed by atoms with Crippen molar-refractivity contribution in [1.29, 1.82) is 0 Å². The van der Waals surface area contributed by atoms with Gasteiger partial charge < -0.3 is 14.1 Å². The molecule has 0 N–H and O–H groups in total. The van der Waals surface area contributed by atoms with Gasteiger partial charge in [-0.05, 0) is 24.3 Å². The first kappa shape index (κ1) is 13.7. The SMILES string of the molecule is O=C(Oc1ccccc1)N1CCN(Cc2ccco2)CC1. The summed E-state index contributed by atoms with van der Waals surface area (Å²) in [6.07, 6.45) is 1.40. The number of ether oxygens (including phenoxy) is 1. The molecule has 0 spiro atoms. The maximum Gasteiger partial charge on any atom is 0.415 e. The number of carbonyl (C=O) groups excluding carboxylic acids is 1. The van der Waals surface area contributed by atoms with Gasteiger partial charge in [-0.3, -0.25) is 4.90 Å². The number of hydrogen-bond donors (Lipinski definition) is 0. The highest BCUT2D eigenvalue weighted by Gasteiger charge is 2.22. The van der Waals surface area contributed by atoms with Gasteiger partial charge in [0.15, 0.2) is 0 Å². The number of furan rings is 1. The summed E-state index contributed by atoms with van der Waals surface area (Å²) < 4.78 is 10.7. The summed E-state index contributed by atoms with van der Waals surface area (Å²) in [6, 6.07) is 13.0. The van der Waals surface area contributed by atoms with Crippen LogP contribution in [0.1, 0.15) is 5.76 Å². The largest absolute Gasteiger partial charge is 0.468 e. The molecule has 0 aliphatic carbocycles. The fraction of sp³-hybridized carbons (Fsp3) is 0.312. The lowest BCUT2D eigenvalue weighted by Gasteiger charge is -2.33. The fourth-order valence-electron chi connectivity index (χ4n) is 2.37. The molecule has 5 nitrogen and oxygen atoms in total. The molecule has 21 heavy (non-hydrogen) atoms. The van der Waals surface area contributed by atoms with Crippen molar-refractivity contribution < 1.29 is 13.9 Å². The van der Waals surface area contributed by atoms with Gasteiger partial charge in [-0.2, -0.15) is 0 Å². The Morgan fingerprint density at radius 3 is 2.48 bits per heavy atom. The van der Waals surface area contributed by atoms with Crippen molar-refractivity contribution in [2.24, 2.45) is 0 Å². The summed E-state index contributed by atoms with van der Waals surface area (Å²) in [6.45, 7) is 3.78. The van der Waals surface area contributed by atoms with Crippen molar-refractivity contribution in [2.45, 2.75) is 6.54 Å². The average Bonchev–Trinajstić information content (AvgIpc) is 3.02. The molecular weight excluding hydrogens is 268 g/mol. The van der Waals surface area contributed by atoms with Crippen LogP contribution in [0.15, 0.2) is 53.1 Å². The molecule has 2 heterocycles. The lowest BCUT2D eigenvalue weighted by Crippen LogP contribution is -2.49. The molecule has 3 rings (SSSR count). The number of para-hydroxylation sites is 1. The van der Waals surface area contributed by atoms with E-state index in [4.69, 9.17) is 9.15 Å². The maximum atomic E-state index is 12.1. The van der Waals surface area contributed by atoms with E-state index in [1.165, 1.54) is 0 Å². The topological polar surface area (TPSA) is 45.9 Å². The van der Waals surface area contributed by atoms with E-state index in [-0.39, 0.29) is 6.09 Å². The summed E-state index contributed by atoms with van der Waals surface area (Å²) in [4.78, 5) is 16.1. The number of piperazine rings is 1. The number of amides is 1. The van der Waals surface area contributed by atoms with Crippen LogP contribution in [0.5, 0.6) is 5.75 Å². The Bertz CT molecular complexity index is 560. The van der Waals surface area contributed by atoms with E-state index >= 15 is 0 Å². The van der Waals surface area contributed by atoms with Crippen molar-refractivity contribution in [2.75, 3.05) is 26.2 Å². The molecule has 1 aliphatic rings. The molecule has 0 radical (unpaired) electrons. The van der Waals surface area contributed by atoms with Crippen molar-refractivity contribution in [3.8, 4) is 5.75 Å². The molecule has 1 fully saturated rings. The molecule has 0 saturated carbocycles. The zero-order valence-corrected chi connectivity index (χ0v) is 11.8. The van der Waals surface area contributed by atoms with Crippen LogP contribution in [0.25, 0.3) is 0 Å². The highest BCUT2D eigenvalue weighted by atomic mass is 16.6. The molecule has 5 heteroatoms. The summed E-state index contributed by atoms with van der Waals surface area (Å²) in [7, 11) is 0. The van der Waals surface area contributed by atoms with Crippen LogP contribution in [0.3, 0.4) is 0 Å². The van der Waals surface area contributed by atoms with Gasteiger partial charge in [0.25, 0.3) is 0 Å². The highest BCUT2D eigenvalue weighted by molar-refractivity contribution is 5.70. The van der Waals surface area contributed by atoms with Gasteiger partial charge in [-0.1, -0.05) is 18.2 Å². The zero-order chi connectivity index (χ0) is 14.5. The number of benzene rings is 1. The van der Waals surface area contributed by atoms with Gasteiger partial charge in [0.1, 0.15) is 11.5 Å². The van der Waals surface area contributed by atoms with Crippen molar-refractivity contribution in [3.63, 3.8) is 0 Å². The molecule has 2 aromatic rings. The standard InChI is InChI=1S/C16H18N2O3/c19-16(21-14-5-2-1-3-6-14)18-10-8-17(9-11-18)13-15-7-4-12-20-15/h1-7,12H,8-11,13H2. The van der Waals surface area contributed by atoms with Gasteiger partial charge in [0.2, 0.25) is 0 Å². The summed E-state index contributed by atoms with van der Waals surface area (Å²) in [5.74, 6) is 1.54. The first-order valence-corrected chi connectivity index (χ1v) is 7.08. The summed E-state index contributed by atoms with van der Waals surface area (Å²) in [5, 5.41) is 0. The van der Waals surface area contributed by atoms with Crippen molar-refractivity contribution >= 4 is 6.09 Å². The van der Waals surface area contributed by atoms with Crippen molar-refractivity contribution in [3.05, 3.63) is 54.5 Å². The zero-order valence-electron chi connectivity index (χ0n) is 11.8. The Labute approximate surface area is 123 Å². The molecule has 1 aromatic heterocycles. The van der Waals surface area contributed by atoms with Crippen LogP contribution in [0.4, 0.5) is 4.79 Å². The minimum atomic E-state index is -0.279. The van der Waals surface area contributed by atoms with Gasteiger partial charge >= 0.3 is 6.09 Å². The van der Waals surface area contributed by atoms with Crippen LogP contribution < -0.4 is 4.74 Å². The molecule has 1 aliphatic heterocycles. The first-order valence-electron chi connectivity index (χ1n) is 7.08. The molecule has 110 valence electrons. The minimum absolute atomic E-state index is 0.279. The third-order valence-electron chi connectivity index (χ3n) is 3.54. The van der Waals surface area contributed by atoms with Crippen LogP contribution in [0.2, 0.25) is 0 Å². The second-order valence-electron chi connectivity index (χ2n) is 5.02. The van der Waals surface area contributed by atoms with Crippen LogP contribution in [0, 0.1) is 0 Å². The first-order chi connectivity index (χ1) is 10.3. The number of nitrogens with zero attached hydrogens (tertiary/aromatic N) is 2. The molecule has 0 atom stereocenters. The molecule has 0 bridgehead atoms. The van der Waals surface area contributed by atoms with Gasteiger partial charge in [0, 0.05) is 26.2 Å². The highest BCUT2D eigenvalue weighted by Crippen LogP contribution is 2.13. The van der Waals surface area contributed by atoms with E-state index in [9.17, 15) is 4.79 Å². The van der Waals surface area contributed by atoms with Crippen LogP contribution in [-0.2, 0) is 6.54 Å². The molecule has 0 unspecified atom stereocenters. The van der Waals surface area contributed by atoms with Crippen LogP contribution >= 0.6 is 0 Å². The Morgan fingerprint density at radius 2 is 1.81 bits per heavy atom. The molecular formula is C16H18N2O3. The van der Waals surface area contributed by atoms with Crippen molar-refractivity contribution in [1.82, 2.24) is 9.80 Å².